The summed E-state index contributed by atoms with van der Waals surface area (Å²) in [6, 6.07) is 7.08. The van der Waals surface area contributed by atoms with Gasteiger partial charge in [0.05, 0.1) is 17.8 Å². The number of ether oxygens (including phenoxy) is 1. The molecule has 0 spiro atoms. The van der Waals surface area contributed by atoms with E-state index in [0.717, 1.165) is 16.9 Å². The molecule has 1 amide bonds. The molecule has 0 radical (unpaired) electrons. The van der Waals surface area contributed by atoms with E-state index < -0.39 is 11.9 Å². The van der Waals surface area contributed by atoms with Gasteiger partial charge in [-0.05, 0) is 26.0 Å². The Labute approximate surface area is 153 Å². The SMILES string of the molecule is CCOC(=O)c1sc(NC(=O)c2cn(C)c3ccccc3c2=O)nc1C. The maximum absolute atomic E-state index is 12.6. The number of fused-ring (bicyclic) bond motifs is 1. The fraction of sp³-hybridized carbons (Fsp3) is 0.222. The van der Waals surface area contributed by atoms with Crippen LogP contribution in [0, 0.1) is 6.92 Å². The molecule has 0 aliphatic carbocycles. The summed E-state index contributed by atoms with van der Waals surface area (Å²) < 4.78 is 6.69. The predicted octanol–water partition coefficient (Wildman–Crippen LogP) is 2.73. The second kappa shape index (κ2) is 7.09. The molecular formula is C18H17N3O4S. The first-order chi connectivity index (χ1) is 12.4. The van der Waals surface area contributed by atoms with Crippen molar-refractivity contribution in [2.75, 3.05) is 11.9 Å². The van der Waals surface area contributed by atoms with E-state index >= 15 is 0 Å². The summed E-state index contributed by atoms with van der Waals surface area (Å²) in [6.45, 7) is 3.63. The number of carbonyl (C=O) groups is 2. The number of carbonyl (C=O) groups excluding carboxylic acids is 2. The lowest BCUT2D eigenvalue weighted by Crippen LogP contribution is -2.23. The summed E-state index contributed by atoms with van der Waals surface area (Å²) in [4.78, 5) is 41.5. The molecule has 8 heteroatoms. The molecule has 0 aliphatic heterocycles. The first-order valence-corrected chi connectivity index (χ1v) is 8.78. The number of hydrogen-bond donors (Lipinski definition) is 1. The van der Waals surface area contributed by atoms with Crippen molar-refractivity contribution in [3.8, 4) is 0 Å². The van der Waals surface area contributed by atoms with Gasteiger partial charge in [0.15, 0.2) is 5.13 Å². The van der Waals surface area contributed by atoms with Gasteiger partial charge in [0.2, 0.25) is 5.43 Å². The molecule has 1 N–H and O–H groups in total. The van der Waals surface area contributed by atoms with Crippen LogP contribution in [-0.2, 0) is 11.8 Å². The van der Waals surface area contributed by atoms with Crippen LogP contribution in [0.25, 0.3) is 10.9 Å². The van der Waals surface area contributed by atoms with E-state index in [0.29, 0.717) is 16.0 Å². The first-order valence-electron chi connectivity index (χ1n) is 7.96. The summed E-state index contributed by atoms with van der Waals surface area (Å²) in [7, 11) is 1.77. The minimum absolute atomic E-state index is 0.0109. The van der Waals surface area contributed by atoms with Crippen LogP contribution in [0.1, 0.15) is 32.6 Å². The Hall–Kier alpha value is -3.00. The maximum atomic E-state index is 12.6. The highest BCUT2D eigenvalue weighted by Gasteiger charge is 2.20. The van der Waals surface area contributed by atoms with E-state index in [2.05, 4.69) is 10.3 Å². The summed E-state index contributed by atoms with van der Waals surface area (Å²) in [5.74, 6) is -1.05. The molecule has 0 bridgehead atoms. The highest BCUT2D eigenvalue weighted by Crippen LogP contribution is 2.24. The molecule has 0 saturated heterocycles. The smallest absolute Gasteiger partial charge is 0.350 e. The third-order valence-electron chi connectivity index (χ3n) is 3.82. The highest BCUT2D eigenvalue weighted by molar-refractivity contribution is 7.17. The van der Waals surface area contributed by atoms with Gasteiger partial charge in [-0.3, -0.25) is 14.9 Å². The second-order valence-corrected chi connectivity index (χ2v) is 6.61. The number of benzene rings is 1. The van der Waals surface area contributed by atoms with Crippen LogP contribution in [0.4, 0.5) is 5.13 Å². The van der Waals surface area contributed by atoms with E-state index in [9.17, 15) is 14.4 Å². The van der Waals surface area contributed by atoms with Gasteiger partial charge < -0.3 is 9.30 Å². The Kier molecular flexibility index (Phi) is 4.85. The minimum atomic E-state index is -0.569. The van der Waals surface area contributed by atoms with Gasteiger partial charge in [-0.1, -0.05) is 23.5 Å². The fourth-order valence-electron chi connectivity index (χ4n) is 2.60. The Morgan fingerprint density at radius 2 is 2.04 bits per heavy atom. The Bertz CT molecular complexity index is 1070. The van der Waals surface area contributed by atoms with Gasteiger partial charge in [-0.2, -0.15) is 0 Å². The molecule has 134 valence electrons. The number of aromatic nitrogens is 2. The Morgan fingerprint density at radius 3 is 2.77 bits per heavy atom. The van der Waals surface area contributed by atoms with E-state index in [1.54, 1.807) is 37.6 Å². The lowest BCUT2D eigenvalue weighted by molar-refractivity contribution is 0.0531. The standard InChI is InChI=1S/C18H17N3O4S/c1-4-25-17(24)15-10(2)19-18(26-15)20-16(23)12-9-21(3)13-8-6-5-7-11(13)14(12)22/h5-9H,4H2,1-3H3,(H,19,20,23). The predicted molar refractivity (Wildman–Crippen MR) is 99.9 cm³/mol. The van der Waals surface area contributed by atoms with Gasteiger partial charge in [0.1, 0.15) is 10.4 Å². The molecule has 26 heavy (non-hydrogen) atoms. The molecule has 7 nitrogen and oxygen atoms in total. The van der Waals surface area contributed by atoms with Gasteiger partial charge in [0.25, 0.3) is 5.91 Å². The van der Waals surface area contributed by atoms with Crippen molar-refractivity contribution in [3.05, 3.63) is 56.8 Å². The summed E-state index contributed by atoms with van der Waals surface area (Å²) in [5.41, 5.74) is 0.866. The first kappa shape index (κ1) is 17.8. The van der Waals surface area contributed by atoms with Crippen molar-refractivity contribution < 1.29 is 14.3 Å². The van der Waals surface area contributed by atoms with Crippen LogP contribution in [-0.4, -0.2) is 28.0 Å². The summed E-state index contributed by atoms with van der Waals surface area (Å²) in [5, 5.41) is 3.30. The number of pyridine rings is 1. The molecule has 3 rings (SSSR count). The highest BCUT2D eigenvalue weighted by atomic mass is 32.1. The van der Waals surface area contributed by atoms with E-state index in [-0.39, 0.29) is 22.7 Å². The fourth-order valence-corrected chi connectivity index (χ4v) is 3.46. The van der Waals surface area contributed by atoms with Gasteiger partial charge in [0, 0.05) is 18.6 Å². The van der Waals surface area contributed by atoms with Crippen molar-refractivity contribution >= 4 is 39.2 Å². The van der Waals surface area contributed by atoms with Crippen LogP contribution < -0.4 is 10.7 Å². The maximum Gasteiger partial charge on any atom is 0.350 e. The Morgan fingerprint density at radius 1 is 1.31 bits per heavy atom. The van der Waals surface area contributed by atoms with E-state index in [4.69, 9.17) is 4.74 Å². The van der Waals surface area contributed by atoms with Gasteiger partial charge >= 0.3 is 5.97 Å². The molecule has 3 aromatic rings. The molecule has 0 aliphatic rings. The van der Waals surface area contributed by atoms with Crippen LogP contribution in [0.15, 0.2) is 35.3 Å². The largest absolute Gasteiger partial charge is 0.462 e. The van der Waals surface area contributed by atoms with Gasteiger partial charge in [-0.25, -0.2) is 9.78 Å². The van der Waals surface area contributed by atoms with Crippen LogP contribution in [0.2, 0.25) is 0 Å². The van der Waals surface area contributed by atoms with Gasteiger partial charge in [-0.15, -0.1) is 0 Å². The Balaban J connectivity index is 1.93. The van der Waals surface area contributed by atoms with Crippen LogP contribution >= 0.6 is 11.3 Å². The number of thiazole rings is 1. The molecule has 2 heterocycles. The van der Waals surface area contributed by atoms with E-state index in [1.807, 2.05) is 12.1 Å². The molecule has 0 saturated carbocycles. The number of anilines is 1. The second-order valence-electron chi connectivity index (χ2n) is 5.61. The molecule has 0 unspecified atom stereocenters. The minimum Gasteiger partial charge on any atom is -0.462 e. The topological polar surface area (TPSA) is 90.3 Å². The molecular weight excluding hydrogens is 354 g/mol. The normalized spacial score (nSPS) is 10.7. The molecule has 1 aromatic carbocycles. The third-order valence-corrected chi connectivity index (χ3v) is 4.87. The zero-order chi connectivity index (χ0) is 18.8. The van der Waals surface area contributed by atoms with Crippen LogP contribution in [0.5, 0.6) is 0 Å². The van der Waals surface area contributed by atoms with Crippen LogP contribution in [0.3, 0.4) is 0 Å². The quantitative estimate of drug-likeness (QED) is 0.712. The molecule has 2 aromatic heterocycles. The average molecular weight is 371 g/mol. The van der Waals surface area contributed by atoms with Crippen molar-refractivity contribution in [2.45, 2.75) is 13.8 Å². The number of esters is 1. The number of hydrogen-bond acceptors (Lipinski definition) is 6. The monoisotopic (exact) mass is 371 g/mol. The number of amides is 1. The lowest BCUT2D eigenvalue weighted by atomic mass is 10.1. The van der Waals surface area contributed by atoms with Crippen molar-refractivity contribution in [2.24, 2.45) is 7.05 Å². The van der Waals surface area contributed by atoms with E-state index in [1.165, 1.54) is 6.20 Å². The zero-order valence-corrected chi connectivity index (χ0v) is 15.3. The molecule has 0 atom stereocenters. The summed E-state index contributed by atoms with van der Waals surface area (Å²) in [6.07, 6.45) is 1.49. The van der Waals surface area contributed by atoms with Crippen molar-refractivity contribution in [1.29, 1.82) is 0 Å². The number of aryl methyl sites for hydroxylation is 2. The third kappa shape index (κ3) is 3.23. The number of para-hydroxylation sites is 1. The number of nitrogens with zero attached hydrogens (tertiary/aromatic N) is 2. The molecule has 0 fully saturated rings. The van der Waals surface area contributed by atoms with Crippen molar-refractivity contribution in [3.63, 3.8) is 0 Å². The summed E-state index contributed by atoms with van der Waals surface area (Å²) >= 11 is 1.02. The lowest BCUT2D eigenvalue weighted by Gasteiger charge is -2.08. The average Bonchev–Trinajstić information content (AvgIpc) is 2.98. The number of rotatable bonds is 4. The number of nitrogens with one attached hydrogen (secondary N) is 1. The van der Waals surface area contributed by atoms with Crippen molar-refractivity contribution in [1.82, 2.24) is 9.55 Å². The zero-order valence-electron chi connectivity index (χ0n) is 14.5.